The summed E-state index contributed by atoms with van der Waals surface area (Å²) in [6.07, 6.45) is -6.02. The quantitative estimate of drug-likeness (QED) is 0.0773. The summed E-state index contributed by atoms with van der Waals surface area (Å²) in [7, 11) is 0. The summed E-state index contributed by atoms with van der Waals surface area (Å²) in [4.78, 5) is 68.7. The van der Waals surface area contributed by atoms with E-state index in [0.717, 1.165) is 18.4 Å². The third-order valence-electron chi connectivity index (χ3n) is 11.6. The molecule has 12 nitrogen and oxygen atoms in total. The molecule has 1 saturated carbocycles. The molecule has 1 N–H and O–H groups in total. The van der Waals surface area contributed by atoms with E-state index >= 15 is 0 Å². The fourth-order valence-electron chi connectivity index (χ4n) is 8.01. The fraction of sp³-hybridized carbons (Fsp3) is 0.241. The van der Waals surface area contributed by atoms with Gasteiger partial charge in [0.25, 0.3) is 0 Å². The van der Waals surface area contributed by atoms with Gasteiger partial charge < -0.3 is 33.5 Å². The van der Waals surface area contributed by atoms with E-state index in [9.17, 15) is 29.1 Å². The predicted molar refractivity (Wildman–Crippen MR) is 240 cm³/mol. The molecule has 0 spiro atoms. The Kier molecular flexibility index (Phi) is 13.8. The highest BCUT2D eigenvalue weighted by Crippen LogP contribution is 2.45. The fourth-order valence-corrected chi connectivity index (χ4v) is 8.01. The number of esters is 5. The first-order valence-electron chi connectivity index (χ1n) is 21.8. The maximum atomic E-state index is 14.3. The number of carbonyl (C=O) groups is 5. The van der Waals surface area contributed by atoms with Crippen LogP contribution < -0.4 is 0 Å². The number of hydrogen-bond donors (Lipinski definition) is 1. The van der Waals surface area contributed by atoms with E-state index in [1.165, 1.54) is 55.8 Å². The van der Waals surface area contributed by atoms with Gasteiger partial charge in [0.1, 0.15) is 18.8 Å². The Morgan fingerprint density at radius 2 is 1.08 bits per heavy atom. The molecule has 0 amide bonds. The predicted octanol–water partition coefficient (Wildman–Crippen LogP) is 8.68. The lowest BCUT2D eigenvalue weighted by atomic mass is 9.82. The molecule has 8 rings (SSSR count). The molecule has 1 saturated heterocycles. The minimum absolute atomic E-state index is 0.0458. The second-order valence-electron chi connectivity index (χ2n) is 16.4. The van der Waals surface area contributed by atoms with Crippen molar-refractivity contribution in [3.63, 3.8) is 0 Å². The number of aliphatic hydroxyl groups is 1. The van der Waals surface area contributed by atoms with E-state index in [-0.39, 0.29) is 40.8 Å². The molecule has 0 radical (unpaired) electrons. The zero-order chi connectivity index (χ0) is 46.2. The van der Waals surface area contributed by atoms with Gasteiger partial charge >= 0.3 is 29.8 Å². The molecule has 336 valence electrons. The van der Waals surface area contributed by atoms with E-state index in [4.69, 9.17) is 28.4 Å². The number of rotatable bonds is 15. The molecule has 1 aliphatic carbocycles. The van der Waals surface area contributed by atoms with Crippen molar-refractivity contribution < 1.29 is 57.5 Å². The summed E-state index contributed by atoms with van der Waals surface area (Å²) in [6, 6.07) is 45.3. The Morgan fingerprint density at radius 3 is 1.58 bits per heavy atom. The summed E-state index contributed by atoms with van der Waals surface area (Å²) < 4.78 is 37.1. The van der Waals surface area contributed by atoms with Crippen LogP contribution in [0.4, 0.5) is 0 Å². The molecule has 6 atom stereocenters. The summed E-state index contributed by atoms with van der Waals surface area (Å²) in [5.41, 5.74) is 3.54. The third-order valence-corrected chi connectivity index (χ3v) is 11.6. The Hall–Kier alpha value is -7.41. The lowest BCUT2D eigenvalue weighted by Crippen LogP contribution is -2.68. The van der Waals surface area contributed by atoms with Crippen LogP contribution in [0.15, 0.2) is 164 Å². The number of benzene rings is 6. The normalized spacial score (nSPS) is 20.5. The van der Waals surface area contributed by atoms with Gasteiger partial charge in [-0.3, -0.25) is 4.79 Å². The molecule has 6 aromatic rings. The van der Waals surface area contributed by atoms with Crippen LogP contribution in [0.2, 0.25) is 0 Å². The maximum absolute atomic E-state index is 14.3. The van der Waals surface area contributed by atoms with Crippen LogP contribution >= 0.6 is 0 Å². The maximum Gasteiger partial charge on any atom is 0.338 e. The lowest BCUT2D eigenvalue weighted by molar-refractivity contribution is -0.360. The number of hydrogen-bond acceptors (Lipinski definition) is 12. The van der Waals surface area contributed by atoms with Gasteiger partial charge in [-0.05, 0) is 109 Å². The van der Waals surface area contributed by atoms with Gasteiger partial charge in [0.05, 0.1) is 22.3 Å². The molecule has 2 aliphatic rings. The van der Waals surface area contributed by atoms with Crippen molar-refractivity contribution in [2.75, 3.05) is 0 Å². The van der Waals surface area contributed by atoms with E-state index < -0.39 is 66.2 Å². The Balaban J connectivity index is 1.32. The van der Waals surface area contributed by atoms with Crippen LogP contribution in [-0.2, 0) is 52.0 Å². The van der Waals surface area contributed by atoms with Crippen molar-refractivity contribution in [3.8, 4) is 0 Å². The van der Waals surface area contributed by atoms with E-state index in [2.05, 4.69) is 12.1 Å². The topological polar surface area (TPSA) is 161 Å². The molecule has 66 heavy (non-hydrogen) atoms. The molecule has 1 heterocycles. The average Bonchev–Trinajstić information content (AvgIpc) is 4.20. The lowest BCUT2D eigenvalue weighted by Gasteiger charge is -2.50. The van der Waals surface area contributed by atoms with E-state index in [1.54, 1.807) is 103 Å². The van der Waals surface area contributed by atoms with Crippen molar-refractivity contribution in [1.29, 1.82) is 0 Å². The number of carbonyl (C=O) groups excluding carboxylic acids is 5. The van der Waals surface area contributed by atoms with Gasteiger partial charge in [-0.1, -0.05) is 109 Å². The first-order valence-corrected chi connectivity index (χ1v) is 21.8. The largest absolute Gasteiger partial charge is 0.461 e. The second kappa shape index (κ2) is 20.2. The molecular weight excluding hydrogens is 841 g/mol. The van der Waals surface area contributed by atoms with Crippen LogP contribution in [-0.4, -0.2) is 65.5 Å². The molecule has 0 bridgehead atoms. The van der Waals surface area contributed by atoms with Gasteiger partial charge in [0.2, 0.25) is 11.9 Å². The van der Waals surface area contributed by atoms with Crippen LogP contribution in [0.3, 0.4) is 0 Å². The second-order valence-corrected chi connectivity index (χ2v) is 16.4. The molecule has 2 fully saturated rings. The Bertz CT molecular complexity index is 2650. The Labute approximate surface area is 382 Å². The highest BCUT2D eigenvalue weighted by Gasteiger charge is 2.62. The van der Waals surface area contributed by atoms with Crippen molar-refractivity contribution in [3.05, 3.63) is 214 Å². The van der Waals surface area contributed by atoms with Crippen molar-refractivity contribution in [2.45, 2.75) is 81.9 Å². The number of ether oxygens (including phenoxy) is 6. The first-order chi connectivity index (χ1) is 32.0. The summed E-state index contributed by atoms with van der Waals surface area (Å²) in [5, 5.41) is 13.7. The minimum Gasteiger partial charge on any atom is -0.461 e. The summed E-state index contributed by atoms with van der Waals surface area (Å²) in [5.74, 6) is -6.31. The van der Waals surface area contributed by atoms with Crippen LogP contribution in [0.1, 0.15) is 102 Å². The first kappa shape index (κ1) is 45.2. The monoisotopic (exact) mass is 888 g/mol. The SMILES string of the molecule is CC(=O)OCc1ccc(Cc2ccc(C3CC3)cc2)c([C@@]2(O)O[C@H]([C@H](C)OC(=O)c3ccccc3)[C@@H](OC(=O)c3ccccc3)[C@H](OC(=O)c3ccccc3)[C@H]2OC(=O)c2ccccc2)c1. The van der Waals surface area contributed by atoms with Gasteiger partial charge in [0.15, 0.2) is 12.2 Å². The zero-order valence-corrected chi connectivity index (χ0v) is 36.3. The average molecular weight is 889 g/mol. The Morgan fingerprint density at radius 1 is 0.606 bits per heavy atom. The van der Waals surface area contributed by atoms with Crippen LogP contribution in [0.5, 0.6) is 0 Å². The van der Waals surface area contributed by atoms with Gasteiger partial charge in [-0.2, -0.15) is 0 Å². The summed E-state index contributed by atoms with van der Waals surface area (Å²) >= 11 is 0. The highest BCUT2D eigenvalue weighted by atomic mass is 16.7. The van der Waals surface area contributed by atoms with Gasteiger partial charge in [-0.15, -0.1) is 0 Å². The van der Waals surface area contributed by atoms with E-state index in [1.807, 2.05) is 12.1 Å². The molecule has 0 aromatic heterocycles. The third kappa shape index (κ3) is 10.6. The van der Waals surface area contributed by atoms with Crippen molar-refractivity contribution >= 4 is 29.8 Å². The molecule has 0 unspecified atom stereocenters. The van der Waals surface area contributed by atoms with Crippen LogP contribution in [0, 0.1) is 0 Å². The standard InChI is InChI=1S/C54H48O12/c1-34(62-50(56)40-15-7-3-8-16-40)46-47(63-51(57)41-17-9-4-10-18-41)48(64-52(58)42-19-11-5-12-20-42)49(65-53(59)43-21-13-6-14-22-43)54(60,66-46)45-32-37(33-61-35(2)55)25-28-44(45)31-36-23-26-38(27-24-36)39-29-30-39/h3-28,32,34,39,46-49,60H,29-31,33H2,1-2H3/t34-,46+,47+,48-,49+,54+/m0/s1. The molecular formula is C54H48O12. The minimum atomic E-state index is -2.77. The van der Waals surface area contributed by atoms with E-state index in [0.29, 0.717) is 17.0 Å². The van der Waals surface area contributed by atoms with Gasteiger partial charge in [-0.25, -0.2) is 19.2 Å². The smallest absolute Gasteiger partial charge is 0.338 e. The van der Waals surface area contributed by atoms with Crippen LogP contribution in [0.25, 0.3) is 0 Å². The molecule has 1 aliphatic heterocycles. The van der Waals surface area contributed by atoms with Crippen molar-refractivity contribution in [2.24, 2.45) is 0 Å². The molecule has 6 aromatic carbocycles. The summed E-state index contributed by atoms with van der Waals surface area (Å²) in [6.45, 7) is 2.55. The molecule has 12 heteroatoms. The van der Waals surface area contributed by atoms with Gasteiger partial charge in [0, 0.05) is 12.5 Å². The zero-order valence-electron chi connectivity index (χ0n) is 36.3. The van der Waals surface area contributed by atoms with Crippen molar-refractivity contribution in [1.82, 2.24) is 0 Å². The highest BCUT2D eigenvalue weighted by molar-refractivity contribution is 5.92.